The van der Waals surface area contributed by atoms with Crippen LogP contribution in [0, 0.1) is 6.92 Å². The van der Waals surface area contributed by atoms with Gasteiger partial charge in [0, 0.05) is 0 Å². The highest BCUT2D eigenvalue weighted by molar-refractivity contribution is 4.49. The second-order valence-electron chi connectivity index (χ2n) is 2.45. The molecule has 2 nitrogen and oxygen atoms in total. The third-order valence-electron chi connectivity index (χ3n) is 1.41. The van der Waals surface area contributed by atoms with Crippen LogP contribution in [0.1, 0.15) is 25.7 Å². The Labute approximate surface area is 64.2 Å². The lowest BCUT2D eigenvalue weighted by atomic mass is 10.2. The minimum Gasteiger partial charge on any atom is -0.330 e. The molecular formula is C8H19N2. The zero-order valence-corrected chi connectivity index (χ0v) is 6.73. The van der Waals surface area contributed by atoms with E-state index < -0.39 is 0 Å². The Bertz CT molecular complexity index is 47.2. The minimum absolute atomic E-state index is 0.829. The first kappa shape index (κ1) is 9.92. The van der Waals surface area contributed by atoms with Gasteiger partial charge in [0.1, 0.15) is 0 Å². The molecule has 10 heavy (non-hydrogen) atoms. The van der Waals surface area contributed by atoms with Gasteiger partial charge in [-0.15, -0.1) is 0 Å². The van der Waals surface area contributed by atoms with Gasteiger partial charge in [-0.25, -0.2) is 0 Å². The van der Waals surface area contributed by atoms with Gasteiger partial charge in [-0.3, -0.25) is 0 Å². The quantitative estimate of drug-likeness (QED) is 0.520. The minimum atomic E-state index is 0.829. The summed E-state index contributed by atoms with van der Waals surface area (Å²) >= 11 is 0. The number of unbranched alkanes of at least 4 members (excludes halogenated alkanes) is 2. The fraction of sp³-hybridized carbons (Fsp3) is 0.875. The first-order valence-electron chi connectivity index (χ1n) is 4.12. The Morgan fingerprint density at radius 1 is 1.10 bits per heavy atom. The summed E-state index contributed by atoms with van der Waals surface area (Å²) in [5, 5.41) is 3.29. The Morgan fingerprint density at radius 2 is 1.90 bits per heavy atom. The summed E-state index contributed by atoms with van der Waals surface area (Å²) in [6.07, 6.45) is 4.64. The first-order valence-corrected chi connectivity index (χ1v) is 4.12. The lowest BCUT2D eigenvalue weighted by molar-refractivity contribution is 0.609. The van der Waals surface area contributed by atoms with Crippen LogP contribution in [0.2, 0.25) is 0 Å². The molecular weight excluding hydrogens is 124 g/mol. The van der Waals surface area contributed by atoms with Crippen molar-refractivity contribution >= 4 is 0 Å². The molecule has 0 spiro atoms. The normalized spacial score (nSPS) is 10.2. The molecule has 0 aromatic carbocycles. The molecule has 0 aromatic rings. The van der Waals surface area contributed by atoms with Gasteiger partial charge >= 0.3 is 0 Å². The Kier molecular flexibility index (Phi) is 8.85. The fourth-order valence-corrected chi connectivity index (χ4v) is 0.821. The van der Waals surface area contributed by atoms with Gasteiger partial charge in [0.15, 0.2) is 0 Å². The second-order valence-corrected chi connectivity index (χ2v) is 2.45. The summed E-state index contributed by atoms with van der Waals surface area (Å²) in [4.78, 5) is 0. The van der Waals surface area contributed by atoms with Gasteiger partial charge in [0.05, 0.1) is 0 Å². The van der Waals surface area contributed by atoms with Crippen molar-refractivity contribution in [2.24, 2.45) is 5.73 Å². The Balaban J connectivity index is 2.65. The number of nitrogens with one attached hydrogen (secondary N) is 1. The Morgan fingerprint density at radius 3 is 2.50 bits per heavy atom. The molecule has 0 aliphatic heterocycles. The predicted molar refractivity (Wildman–Crippen MR) is 45.7 cm³/mol. The molecule has 0 aromatic heterocycles. The van der Waals surface area contributed by atoms with E-state index in [-0.39, 0.29) is 0 Å². The van der Waals surface area contributed by atoms with E-state index in [4.69, 9.17) is 5.73 Å². The monoisotopic (exact) mass is 143 g/mol. The molecule has 0 bridgehead atoms. The van der Waals surface area contributed by atoms with Crippen molar-refractivity contribution in [3.05, 3.63) is 6.92 Å². The molecule has 2 heteroatoms. The van der Waals surface area contributed by atoms with Gasteiger partial charge in [-0.1, -0.05) is 13.3 Å². The highest BCUT2D eigenvalue weighted by atomic mass is 14.8. The lowest BCUT2D eigenvalue weighted by Gasteiger charge is -2.00. The zero-order chi connectivity index (χ0) is 7.66. The van der Waals surface area contributed by atoms with Crippen LogP contribution < -0.4 is 11.1 Å². The summed E-state index contributed by atoms with van der Waals surface area (Å²) in [6, 6.07) is 0. The van der Waals surface area contributed by atoms with Crippen LogP contribution in [0.3, 0.4) is 0 Å². The van der Waals surface area contributed by atoms with E-state index in [2.05, 4.69) is 12.2 Å². The van der Waals surface area contributed by atoms with Crippen LogP contribution >= 0.6 is 0 Å². The van der Waals surface area contributed by atoms with Gasteiger partial charge in [-0.2, -0.15) is 0 Å². The van der Waals surface area contributed by atoms with Crippen molar-refractivity contribution in [3.63, 3.8) is 0 Å². The molecule has 1 radical (unpaired) electrons. The summed E-state index contributed by atoms with van der Waals surface area (Å²) in [5.74, 6) is 0. The van der Waals surface area contributed by atoms with E-state index in [9.17, 15) is 0 Å². The maximum absolute atomic E-state index is 5.34. The predicted octanol–water partition coefficient (Wildman–Crippen LogP) is 0.929. The molecule has 0 aliphatic rings. The van der Waals surface area contributed by atoms with Crippen molar-refractivity contribution in [2.75, 3.05) is 19.6 Å². The van der Waals surface area contributed by atoms with E-state index in [1.54, 1.807) is 0 Å². The third kappa shape index (κ3) is 7.92. The molecule has 0 heterocycles. The molecule has 0 rings (SSSR count). The summed E-state index contributed by atoms with van der Waals surface area (Å²) in [7, 11) is 0. The average Bonchev–Trinajstić information content (AvgIpc) is 1.97. The summed E-state index contributed by atoms with van der Waals surface area (Å²) in [6.45, 7) is 6.73. The number of hydrogen-bond donors (Lipinski definition) is 2. The van der Waals surface area contributed by atoms with Gasteiger partial charge < -0.3 is 11.1 Å². The van der Waals surface area contributed by atoms with Crippen LogP contribution in [-0.2, 0) is 0 Å². The smallest absolute Gasteiger partial charge is 0.00489 e. The highest BCUT2D eigenvalue weighted by Crippen LogP contribution is 1.90. The molecule has 0 saturated carbocycles. The van der Waals surface area contributed by atoms with Crippen LogP contribution in [0.15, 0.2) is 0 Å². The van der Waals surface area contributed by atoms with Crippen LogP contribution in [0.25, 0.3) is 0 Å². The molecule has 0 saturated heterocycles. The van der Waals surface area contributed by atoms with Crippen LogP contribution in [-0.4, -0.2) is 19.6 Å². The van der Waals surface area contributed by atoms with Crippen molar-refractivity contribution in [1.82, 2.24) is 5.32 Å². The molecule has 0 fully saturated rings. The third-order valence-corrected chi connectivity index (χ3v) is 1.41. The number of rotatable bonds is 7. The summed E-state index contributed by atoms with van der Waals surface area (Å²) < 4.78 is 0. The Hall–Kier alpha value is -0.0800. The maximum Gasteiger partial charge on any atom is -0.00489 e. The zero-order valence-electron chi connectivity index (χ0n) is 6.73. The van der Waals surface area contributed by atoms with Gasteiger partial charge in [-0.05, 0) is 38.9 Å². The largest absolute Gasteiger partial charge is 0.330 e. The summed E-state index contributed by atoms with van der Waals surface area (Å²) in [5.41, 5.74) is 5.34. The molecule has 61 valence electrons. The SMILES string of the molecule is [CH2]CCNCCCCCN. The topological polar surface area (TPSA) is 38.0 Å². The van der Waals surface area contributed by atoms with Crippen molar-refractivity contribution in [3.8, 4) is 0 Å². The van der Waals surface area contributed by atoms with Gasteiger partial charge in [0.2, 0.25) is 0 Å². The molecule has 3 N–H and O–H groups in total. The van der Waals surface area contributed by atoms with E-state index in [0.29, 0.717) is 0 Å². The van der Waals surface area contributed by atoms with E-state index >= 15 is 0 Å². The van der Waals surface area contributed by atoms with Crippen molar-refractivity contribution in [1.29, 1.82) is 0 Å². The second kappa shape index (κ2) is 8.92. The maximum atomic E-state index is 5.34. The van der Waals surface area contributed by atoms with Crippen molar-refractivity contribution in [2.45, 2.75) is 25.7 Å². The first-order chi connectivity index (χ1) is 4.91. The average molecular weight is 143 g/mol. The fourth-order valence-electron chi connectivity index (χ4n) is 0.821. The molecule has 0 unspecified atom stereocenters. The van der Waals surface area contributed by atoms with Crippen LogP contribution in [0.5, 0.6) is 0 Å². The van der Waals surface area contributed by atoms with E-state index in [1.807, 2.05) is 0 Å². The van der Waals surface area contributed by atoms with Gasteiger partial charge in [0.25, 0.3) is 0 Å². The lowest BCUT2D eigenvalue weighted by Crippen LogP contribution is -2.16. The molecule has 0 atom stereocenters. The number of hydrogen-bond acceptors (Lipinski definition) is 2. The standard InChI is InChI=1S/C8H19N2/c1-2-7-10-8-5-3-4-6-9/h10H,1-9H2. The number of nitrogens with two attached hydrogens (primary N) is 1. The molecule has 0 aliphatic carbocycles. The van der Waals surface area contributed by atoms with E-state index in [0.717, 1.165) is 32.5 Å². The molecule has 0 amide bonds. The highest BCUT2D eigenvalue weighted by Gasteiger charge is 1.85. The van der Waals surface area contributed by atoms with E-state index in [1.165, 1.54) is 12.8 Å². The van der Waals surface area contributed by atoms with Crippen molar-refractivity contribution < 1.29 is 0 Å². The van der Waals surface area contributed by atoms with Crippen LogP contribution in [0.4, 0.5) is 0 Å².